The summed E-state index contributed by atoms with van der Waals surface area (Å²) in [5, 5.41) is 9.12. The number of carbonyl (C=O) groups excluding carboxylic acids is 3. The Morgan fingerprint density at radius 2 is 1.65 bits per heavy atom. The van der Waals surface area contributed by atoms with E-state index in [9.17, 15) is 14.4 Å². The van der Waals surface area contributed by atoms with Crippen LogP contribution in [0.15, 0.2) is 84.5 Å². The van der Waals surface area contributed by atoms with Crippen LogP contribution in [-0.2, 0) is 14.4 Å². The Labute approximate surface area is 215 Å². The molecule has 0 bridgehead atoms. The largest absolute Gasteiger partial charge is 0.490 e. The summed E-state index contributed by atoms with van der Waals surface area (Å²) < 4.78 is 10.9. The maximum Gasteiger partial charge on any atom is 0.329 e. The Balaban J connectivity index is 1.46. The number of hydrazone groups is 1. The highest BCUT2D eigenvalue weighted by atomic mass is 16.5. The lowest BCUT2D eigenvalue weighted by atomic mass is 10.1. The molecule has 0 saturated carbocycles. The van der Waals surface area contributed by atoms with Crippen LogP contribution in [0.2, 0.25) is 0 Å². The van der Waals surface area contributed by atoms with Crippen molar-refractivity contribution < 1.29 is 23.9 Å². The van der Waals surface area contributed by atoms with Gasteiger partial charge in [-0.3, -0.25) is 14.4 Å². The van der Waals surface area contributed by atoms with Crippen LogP contribution in [0.1, 0.15) is 16.7 Å². The third-order valence-electron chi connectivity index (χ3n) is 5.17. The van der Waals surface area contributed by atoms with Crippen molar-refractivity contribution in [3.63, 3.8) is 0 Å². The summed E-state index contributed by atoms with van der Waals surface area (Å²) in [4.78, 5) is 36.4. The molecule has 0 aliphatic rings. The minimum atomic E-state index is -0.932. The first kappa shape index (κ1) is 26.7. The minimum Gasteiger partial charge on any atom is -0.490 e. The second-order valence-corrected chi connectivity index (χ2v) is 7.93. The van der Waals surface area contributed by atoms with Crippen LogP contribution < -0.4 is 25.5 Å². The van der Waals surface area contributed by atoms with Crippen molar-refractivity contribution in [3.05, 3.63) is 96.1 Å². The van der Waals surface area contributed by atoms with Gasteiger partial charge in [-0.15, -0.1) is 0 Å². The van der Waals surface area contributed by atoms with E-state index < -0.39 is 11.8 Å². The molecule has 0 aliphatic heterocycles. The van der Waals surface area contributed by atoms with Gasteiger partial charge in [0.15, 0.2) is 6.61 Å². The van der Waals surface area contributed by atoms with E-state index in [1.54, 1.807) is 54.6 Å². The molecule has 0 radical (unpaired) electrons. The molecule has 190 valence electrons. The molecule has 3 aromatic carbocycles. The fourth-order valence-electron chi connectivity index (χ4n) is 3.10. The lowest BCUT2D eigenvalue weighted by Gasteiger charge is -2.11. The van der Waals surface area contributed by atoms with E-state index in [0.29, 0.717) is 29.4 Å². The molecule has 9 nitrogen and oxygen atoms in total. The quantitative estimate of drug-likeness (QED) is 0.168. The van der Waals surface area contributed by atoms with Crippen molar-refractivity contribution in [2.75, 3.05) is 23.8 Å². The third-order valence-corrected chi connectivity index (χ3v) is 5.17. The van der Waals surface area contributed by atoms with Gasteiger partial charge >= 0.3 is 11.8 Å². The zero-order valence-electron chi connectivity index (χ0n) is 20.6. The number of hydrogen-bond acceptors (Lipinski definition) is 6. The summed E-state index contributed by atoms with van der Waals surface area (Å²) in [6.07, 6.45) is 2.98. The van der Waals surface area contributed by atoms with Crippen molar-refractivity contribution in [2.45, 2.75) is 13.8 Å². The van der Waals surface area contributed by atoms with E-state index in [4.69, 9.17) is 9.47 Å². The maximum absolute atomic E-state index is 12.3. The number of carbonyl (C=O) groups is 3. The van der Waals surface area contributed by atoms with Gasteiger partial charge in [-0.2, -0.15) is 5.10 Å². The molecule has 0 spiro atoms. The molecule has 0 unspecified atom stereocenters. The normalized spacial score (nSPS) is 10.4. The maximum atomic E-state index is 12.3. The lowest BCUT2D eigenvalue weighted by molar-refractivity contribution is -0.136. The molecule has 0 aliphatic carbocycles. The van der Waals surface area contributed by atoms with Crippen molar-refractivity contribution in [2.24, 2.45) is 5.10 Å². The number of nitrogens with one attached hydrogen (secondary N) is 3. The number of anilines is 2. The molecule has 3 aromatic rings. The molecule has 0 aromatic heterocycles. The topological polar surface area (TPSA) is 118 Å². The Kier molecular flexibility index (Phi) is 9.55. The van der Waals surface area contributed by atoms with Gasteiger partial charge in [0.1, 0.15) is 18.1 Å². The number of rotatable bonds is 10. The van der Waals surface area contributed by atoms with Crippen LogP contribution >= 0.6 is 0 Å². The number of ether oxygens (including phenoxy) is 2. The molecular weight excluding hydrogens is 472 g/mol. The van der Waals surface area contributed by atoms with E-state index in [-0.39, 0.29) is 12.5 Å². The summed E-state index contributed by atoms with van der Waals surface area (Å²) in [7, 11) is 0. The van der Waals surface area contributed by atoms with Gasteiger partial charge in [0.2, 0.25) is 0 Å². The molecule has 0 atom stereocenters. The van der Waals surface area contributed by atoms with Gasteiger partial charge in [0.05, 0.1) is 6.21 Å². The average molecular weight is 501 g/mol. The SMILES string of the molecule is C=CCOc1ccc(NC(=O)C(=O)N/N=C\c2cccc(OCC(=O)Nc3cccc(C)c3C)c2)cc1. The monoisotopic (exact) mass is 500 g/mol. The molecule has 37 heavy (non-hydrogen) atoms. The third kappa shape index (κ3) is 8.36. The van der Waals surface area contributed by atoms with Gasteiger partial charge in [-0.05, 0) is 73.0 Å². The highest BCUT2D eigenvalue weighted by Gasteiger charge is 2.13. The van der Waals surface area contributed by atoms with Crippen LogP contribution in [0, 0.1) is 13.8 Å². The zero-order valence-corrected chi connectivity index (χ0v) is 20.6. The fourth-order valence-corrected chi connectivity index (χ4v) is 3.10. The number of aryl methyl sites for hydroxylation is 1. The van der Waals surface area contributed by atoms with Crippen molar-refractivity contribution in [3.8, 4) is 11.5 Å². The first-order valence-electron chi connectivity index (χ1n) is 11.4. The molecule has 0 fully saturated rings. The van der Waals surface area contributed by atoms with Crippen molar-refractivity contribution in [1.82, 2.24) is 5.43 Å². The lowest BCUT2D eigenvalue weighted by Crippen LogP contribution is -2.32. The summed E-state index contributed by atoms with van der Waals surface area (Å²) in [6.45, 7) is 7.68. The highest BCUT2D eigenvalue weighted by molar-refractivity contribution is 6.39. The van der Waals surface area contributed by atoms with E-state index in [1.165, 1.54) is 6.21 Å². The van der Waals surface area contributed by atoms with E-state index >= 15 is 0 Å². The molecule has 3 rings (SSSR count). The zero-order chi connectivity index (χ0) is 26.6. The molecule has 0 saturated heterocycles. The standard InChI is InChI=1S/C28H28N4O5/c1-4-15-36-23-13-11-22(12-14-23)30-27(34)28(35)32-29-17-21-8-6-9-24(16-21)37-18-26(33)31-25-10-5-7-19(2)20(25)3/h4-14,16-17H,1,15,18H2,2-3H3,(H,30,34)(H,31,33)(H,32,35)/b29-17-. The smallest absolute Gasteiger partial charge is 0.329 e. The summed E-state index contributed by atoms with van der Waals surface area (Å²) in [5.74, 6) is -1.03. The second kappa shape index (κ2) is 13.2. The van der Waals surface area contributed by atoms with E-state index in [0.717, 1.165) is 16.8 Å². The van der Waals surface area contributed by atoms with Crippen LogP contribution in [-0.4, -0.2) is 37.1 Å². The Hall–Kier alpha value is -4.92. The predicted molar refractivity (Wildman–Crippen MR) is 143 cm³/mol. The van der Waals surface area contributed by atoms with Gasteiger partial charge in [0, 0.05) is 11.4 Å². The van der Waals surface area contributed by atoms with E-state index in [2.05, 4.69) is 27.7 Å². The number of nitrogens with zero attached hydrogens (tertiary/aromatic N) is 1. The molecular formula is C28H28N4O5. The van der Waals surface area contributed by atoms with E-state index in [1.807, 2.05) is 32.0 Å². The predicted octanol–water partition coefficient (Wildman–Crippen LogP) is 3.97. The molecule has 9 heteroatoms. The Bertz CT molecular complexity index is 1300. The average Bonchev–Trinajstić information content (AvgIpc) is 2.90. The van der Waals surface area contributed by atoms with Crippen molar-refractivity contribution >= 4 is 35.3 Å². The number of amides is 3. The second-order valence-electron chi connectivity index (χ2n) is 7.93. The van der Waals surface area contributed by atoms with Crippen LogP contribution in [0.3, 0.4) is 0 Å². The summed E-state index contributed by atoms with van der Waals surface area (Å²) >= 11 is 0. The summed E-state index contributed by atoms with van der Waals surface area (Å²) in [6, 6.07) is 19.0. The van der Waals surface area contributed by atoms with Gasteiger partial charge < -0.3 is 20.1 Å². The first-order chi connectivity index (χ1) is 17.9. The number of hydrogen-bond donors (Lipinski definition) is 3. The van der Waals surface area contributed by atoms with Crippen LogP contribution in [0.25, 0.3) is 0 Å². The minimum absolute atomic E-state index is 0.174. The first-order valence-corrected chi connectivity index (χ1v) is 11.4. The Morgan fingerprint density at radius 3 is 2.41 bits per heavy atom. The highest BCUT2D eigenvalue weighted by Crippen LogP contribution is 2.18. The van der Waals surface area contributed by atoms with Crippen LogP contribution in [0.5, 0.6) is 11.5 Å². The fraction of sp³-hybridized carbons (Fsp3) is 0.143. The molecule has 3 amide bonds. The Morgan fingerprint density at radius 1 is 0.892 bits per heavy atom. The van der Waals surface area contributed by atoms with Gasteiger partial charge in [-0.25, -0.2) is 5.43 Å². The molecule has 3 N–H and O–H groups in total. The van der Waals surface area contributed by atoms with Gasteiger partial charge in [0.25, 0.3) is 5.91 Å². The summed E-state index contributed by atoms with van der Waals surface area (Å²) in [5.41, 5.74) is 6.03. The van der Waals surface area contributed by atoms with Crippen LogP contribution in [0.4, 0.5) is 11.4 Å². The van der Waals surface area contributed by atoms with Gasteiger partial charge in [-0.1, -0.05) is 36.9 Å². The van der Waals surface area contributed by atoms with Crippen molar-refractivity contribution in [1.29, 1.82) is 0 Å². The molecule has 0 heterocycles. The number of benzene rings is 3.